The molecule has 2 aromatic rings. The normalized spacial score (nSPS) is 10.3. The molecule has 2 aromatic carbocycles. The fourth-order valence-electron chi connectivity index (χ4n) is 1.84. The van der Waals surface area contributed by atoms with Crippen molar-refractivity contribution >= 4 is 35.0 Å². The predicted molar refractivity (Wildman–Crippen MR) is 86.8 cm³/mol. The maximum absolute atomic E-state index is 12.0. The van der Waals surface area contributed by atoms with Gasteiger partial charge >= 0.3 is 6.09 Å². The first-order valence-corrected chi connectivity index (χ1v) is 7.14. The number of nitrogens with one attached hydrogen (secondary N) is 1. The van der Waals surface area contributed by atoms with Gasteiger partial charge in [-0.1, -0.05) is 29.3 Å². The van der Waals surface area contributed by atoms with Gasteiger partial charge in [0, 0.05) is 15.7 Å². The van der Waals surface area contributed by atoms with E-state index in [1.54, 1.807) is 30.3 Å². The zero-order valence-corrected chi connectivity index (χ0v) is 13.5. The summed E-state index contributed by atoms with van der Waals surface area (Å²) in [6, 6.07) is 8.80. The molecule has 3 nitrogen and oxygen atoms in total. The lowest BCUT2D eigenvalue weighted by Gasteiger charge is -2.12. The van der Waals surface area contributed by atoms with Crippen molar-refractivity contribution < 1.29 is 9.53 Å². The quantitative estimate of drug-likeness (QED) is 0.789. The topological polar surface area (TPSA) is 38.3 Å². The molecule has 0 spiro atoms. The number of amides is 1. The number of anilines is 1. The van der Waals surface area contributed by atoms with Gasteiger partial charge in [-0.15, -0.1) is 0 Å². The Balaban J connectivity index is 2.16. The van der Waals surface area contributed by atoms with Gasteiger partial charge in [-0.05, 0) is 61.7 Å². The van der Waals surface area contributed by atoms with Crippen LogP contribution < -0.4 is 10.1 Å². The molecule has 0 aliphatic rings. The van der Waals surface area contributed by atoms with Crippen LogP contribution in [0.4, 0.5) is 10.5 Å². The van der Waals surface area contributed by atoms with Gasteiger partial charge in [0.25, 0.3) is 0 Å². The van der Waals surface area contributed by atoms with Gasteiger partial charge in [-0.3, -0.25) is 5.32 Å². The molecule has 1 N–H and O–H groups in total. The van der Waals surface area contributed by atoms with Crippen LogP contribution in [0.2, 0.25) is 10.0 Å². The Bertz CT molecular complexity index is 699. The summed E-state index contributed by atoms with van der Waals surface area (Å²) in [5.41, 5.74) is 3.06. The Kier molecular flexibility index (Phi) is 4.76. The number of aryl methyl sites for hydroxylation is 2. The fraction of sp³-hybridized carbons (Fsp3) is 0.188. The van der Waals surface area contributed by atoms with Crippen molar-refractivity contribution in [2.24, 2.45) is 0 Å². The first-order chi connectivity index (χ1) is 9.88. The number of ether oxygens (including phenoxy) is 1. The molecule has 0 aliphatic carbocycles. The molecule has 0 saturated carbocycles. The summed E-state index contributed by atoms with van der Waals surface area (Å²) in [7, 11) is 0. The van der Waals surface area contributed by atoms with Crippen molar-refractivity contribution in [2.75, 3.05) is 5.32 Å². The number of hydrogen-bond acceptors (Lipinski definition) is 2. The van der Waals surface area contributed by atoms with Crippen molar-refractivity contribution in [1.29, 1.82) is 0 Å². The van der Waals surface area contributed by atoms with E-state index in [1.807, 2.05) is 20.8 Å². The first kappa shape index (κ1) is 15.7. The molecule has 0 atom stereocenters. The average molecular weight is 324 g/mol. The van der Waals surface area contributed by atoms with Gasteiger partial charge in [0.1, 0.15) is 5.75 Å². The standard InChI is InChI=1S/C16H15Cl2NO2/c1-9-8-15(10(2)7-13(9)18)21-16(20)19-14-6-4-5-12(17)11(14)3/h4-8H,1-3H3,(H,19,20). The third-order valence-electron chi connectivity index (χ3n) is 3.16. The first-order valence-electron chi connectivity index (χ1n) is 6.39. The molecule has 0 aromatic heterocycles. The van der Waals surface area contributed by atoms with Crippen molar-refractivity contribution in [1.82, 2.24) is 0 Å². The van der Waals surface area contributed by atoms with Crippen molar-refractivity contribution in [3.05, 3.63) is 57.1 Å². The molecule has 0 unspecified atom stereocenters. The second kappa shape index (κ2) is 6.37. The summed E-state index contributed by atoms with van der Waals surface area (Å²) in [4.78, 5) is 12.0. The Hall–Kier alpha value is -1.71. The van der Waals surface area contributed by atoms with Gasteiger partial charge in [-0.2, -0.15) is 0 Å². The summed E-state index contributed by atoms with van der Waals surface area (Å²) in [5, 5.41) is 3.92. The van der Waals surface area contributed by atoms with E-state index in [0.29, 0.717) is 21.5 Å². The predicted octanol–water partition coefficient (Wildman–Crippen LogP) is 5.53. The molecule has 0 fully saturated rings. The van der Waals surface area contributed by atoms with Gasteiger partial charge in [0.05, 0.1) is 0 Å². The molecule has 0 aliphatic heterocycles. The second-order valence-electron chi connectivity index (χ2n) is 4.79. The van der Waals surface area contributed by atoms with Gasteiger partial charge < -0.3 is 4.74 Å². The van der Waals surface area contributed by atoms with E-state index in [9.17, 15) is 4.79 Å². The molecule has 0 bridgehead atoms. The average Bonchev–Trinajstić information content (AvgIpc) is 2.41. The van der Waals surface area contributed by atoms with Gasteiger partial charge in [0.15, 0.2) is 0 Å². The SMILES string of the molecule is Cc1cc(OC(=O)Nc2cccc(Cl)c2C)c(C)cc1Cl. The Morgan fingerprint density at radius 1 is 1.05 bits per heavy atom. The van der Waals surface area contributed by atoms with Crippen molar-refractivity contribution in [3.8, 4) is 5.75 Å². The lowest BCUT2D eigenvalue weighted by molar-refractivity contribution is 0.215. The largest absolute Gasteiger partial charge is 0.417 e. The lowest BCUT2D eigenvalue weighted by atomic mass is 10.1. The Labute approximate surface area is 133 Å². The van der Waals surface area contributed by atoms with E-state index in [1.165, 1.54) is 0 Å². The van der Waals surface area contributed by atoms with Gasteiger partial charge in [0.2, 0.25) is 0 Å². The van der Waals surface area contributed by atoms with E-state index >= 15 is 0 Å². The minimum absolute atomic E-state index is 0.481. The number of hydrogen-bond donors (Lipinski definition) is 1. The third kappa shape index (κ3) is 3.69. The number of halogens is 2. The van der Waals surface area contributed by atoms with E-state index in [0.717, 1.165) is 16.7 Å². The second-order valence-corrected chi connectivity index (χ2v) is 5.61. The zero-order chi connectivity index (χ0) is 15.6. The number of rotatable bonds is 2. The van der Waals surface area contributed by atoms with Crippen LogP contribution in [-0.4, -0.2) is 6.09 Å². The minimum atomic E-state index is -0.565. The number of benzene rings is 2. The van der Waals surface area contributed by atoms with Crippen LogP contribution in [-0.2, 0) is 0 Å². The molecule has 0 heterocycles. The smallest absolute Gasteiger partial charge is 0.410 e. The lowest BCUT2D eigenvalue weighted by Crippen LogP contribution is -2.18. The highest BCUT2D eigenvalue weighted by molar-refractivity contribution is 6.32. The summed E-state index contributed by atoms with van der Waals surface area (Å²) >= 11 is 12.0. The minimum Gasteiger partial charge on any atom is -0.410 e. The van der Waals surface area contributed by atoms with Crippen LogP contribution in [0.3, 0.4) is 0 Å². The maximum atomic E-state index is 12.0. The highest BCUT2D eigenvalue weighted by Gasteiger charge is 2.11. The van der Waals surface area contributed by atoms with E-state index in [2.05, 4.69) is 5.32 Å². The molecule has 110 valence electrons. The van der Waals surface area contributed by atoms with Crippen LogP contribution in [0.1, 0.15) is 16.7 Å². The molecular weight excluding hydrogens is 309 g/mol. The highest BCUT2D eigenvalue weighted by Crippen LogP contribution is 2.27. The van der Waals surface area contributed by atoms with E-state index < -0.39 is 6.09 Å². The number of carbonyl (C=O) groups excluding carboxylic acids is 1. The molecule has 21 heavy (non-hydrogen) atoms. The highest BCUT2D eigenvalue weighted by atomic mass is 35.5. The fourth-order valence-corrected chi connectivity index (χ4v) is 2.24. The maximum Gasteiger partial charge on any atom is 0.417 e. The molecule has 5 heteroatoms. The van der Waals surface area contributed by atoms with Crippen LogP contribution in [0, 0.1) is 20.8 Å². The molecule has 1 amide bonds. The Morgan fingerprint density at radius 3 is 2.48 bits per heavy atom. The summed E-state index contributed by atoms with van der Waals surface area (Å²) < 4.78 is 5.33. The molecular formula is C16H15Cl2NO2. The summed E-state index contributed by atoms with van der Waals surface area (Å²) in [5.74, 6) is 0.481. The van der Waals surface area contributed by atoms with Crippen molar-refractivity contribution in [3.63, 3.8) is 0 Å². The zero-order valence-electron chi connectivity index (χ0n) is 12.0. The molecule has 0 radical (unpaired) electrons. The monoisotopic (exact) mass is 323 g/mol. The van der Waals surface area contributed by atoms with Crippen LogP contribution in [0.15, 0.2) is 30.3 Å². The summed E-state index contributed by atoms with van der Waals surface area (Å²) in [6.45, 7) is 5.52. The van der Waals surface area contributed by atoms with Crippen LogP contribution >= 0.6 is 23.2 Å². The summed E-state index contributed by atoms with van der Waals surface area (Å²) in [6.07, 6.45) is -0.565. The Morgan fingerprint density at radius 2 is 1.76 bits per heavy atom. The third-order valence-corrected chi connectivity index (χ3v) is 3.98. The van der Waals surface area contributed by atoms with E-state index in [-0.39, 0.29) is 0 Å². The van der Waals surface area contributed by atoms with Gasteiger partial charge in [-0.25, -0.2) is 4.79 Å². The van der Waals surface area contributed by atoms with Crippen LogP contribution in [0.25, 0.3) is 0 Å². The molecule has 0 saturated heterocycles. The number of carbonyl (C=O) groups is 1. The van der Waals surface area contributed by atoms with Crippen molar-refractivity contribution in [2.45, 2.75) is 20.8 Å². The van der Waals surface area contributed by atoms with E-state index in [4.69, 9.17) is 27.9 Å². The molecule has 2 rings (SSSR count). The van der Waals surface area contributed by atoms with Crippen LogP contribution in [0.5, 0.6) is 5.75 Å².